The Labute approximate surface area is 259 Å². The number of nitrogens with zero attached hydrogens (tertiary/aromatic N) is 4. The Morgan fingerprint density at radius 2 is 1.58 bits per heavy atom. The van der Waals surface area contributed by atoms with Gasteiger partial charge in [0.05, 0.1) is 9.88 Å². The van der Waals surface area contributed by atoms with Gasteiger partial charge in [0.2, 0.25) is 5.91 Å². The van der Waals surface area contributed by atoms with Crippen LogP contribution in [0.4, 0.5) is 11.5 Å². The number of carboxylic acids is 1. The summed E-state index contributed by atoms with van der Waals surface area (Å²) in [6.45, 7) is 0.734. The average molecular weight is 601 g/mol. The summed E-state index contributed by atoms with van der Waals surface area (Å²) < 4.78 is 0. The first-order valence-electron chi connectivity index (χ1n) is 16.1. The largest absolute Gasteiger partial charge is 0.481 e. The quantitative estimate of drug-likeness (QED) is 0.256. The van der Waals surface area contributed by atoms with Crippen molar-refractivity contribution in [2.45, 2.75) is 82.5 Å². The van der Waals surface area contributed by atoms with E-state index >= 15 is 0 Å². The summed E-state index contributed by atoms with van der Waals surface area (Å²) in [6.07, 6.45) is 14.3. The molecule has 3 aliphatic rings. The summed E-state index contributed by atoms with van der Waals surface area (Å²) >= 11 is 1.78. The number of rotatable bonds is 10. The van der Waals surface area contributed by atoms with Crippen LogP contribution in [0.1, 0.15) is 93.0 Å². The zero-order valence-corrected chi connectivity index (χ0v) is 26.3. The van der Waals surface area contributed by atoms with E-state index in [2.05, 4.69) is 46.3 Å². The molecule has 2 aromatic heterocycles. The lowest BCUT2D eigenvalue weighted by molar-refractivity contribution is -0.138. The van der Waals surface area contributed by atoms with Gasteiger partial charge in [-0.3, -0.25) is 9.59 Å². The van der Waals surface area contributed by atoms with Crippen LogP contribution >= 0.6 is 11.3 Å². The molecule has 0 bridgehead atoms. The third kappa shape index (κ3) is 7.28. The number of carbonyl (C=O) groups is 2. The van der Waals surface area contributed by atoms with Crippen LogP contribution < -0.4 is 9.80 Å². The van der Waals surface area contributed by atoms with Crippen LogP contribution in [0.2, 0.25) is 0 Å². The number of hydrogen-bond acceptors (Lipinski definition) is 6. The van der Waals surface area contributed by atoms with E-state index in [0.29, 0.717) is 17.8 Å². The summed E-state index contributed by atoms with van der Waals surface area (Å²) in [4.78, 5) is 40.1. The lowest BCUT2D eigenvalue weighted by Crippen LogP contribution is -2.41. The highest BCUT2D eigenvalue weighted by atomic mass is 32.1. The highest BCUT2D eigenvalue weighted by Crippen LogP contribution is 2.44. The first-order chi connectivity index (χ1) is 20.8. The van der Waals surface area contributed by atoms with Gasteiger partial charge in [-0.15, -0.1) is 11.3 Å². The minimum atomic E-state index is -0.735. The fourth-order valence-electron chi connectivity index (χ4n) is 7.01. The summed E-state index contributed by atoms with van der Waals surface area (Å²) in [5.41, 5.74) is 3.42. The second-order valence-electron chi connectivity index (χ2n) is 13.2. The maximum Gasteiger partial charge on any atom is 0.303 e. The minimum Gasteiger partial charge on any atom is -0.481 e. The number of carboxylic acid groups (broad SMARTS) is 1. The molecule has 6 rings (SSSR count). The fraction of sp³-hybridized carbons (Fsp3) is 0.543. The third-order valence-electron chi connectivity index (χ3n) is 9.81. The molecule has 2 heterocycles. The van der Waals surface area contributed by atoms with Crippen molar-refractivity contribution < 1.29 is 14.7 Å². The first-order valence-corrected chi connectivity index (χ1v) is 16.9. The predicted molar refractivity (Wildman–Crippen MR) is 173 cm³/mol. The van der Waals surface area contributed by atoms with Gasteiger partial charge < -0.3 is 14.9 Å². The molecule has 1 N–H and O–H groups in total. The maximum absolute atomic E-state index is 14.2. The van der Waals surface area contributed by atoms with Gasteiger partial charge in [0.25, 0.3) is 0 Å². The molecule has 1 aromatic carbocycles. The molecule has 7 nitrogen and oxygen atoms in total. The monoisotopic (exact) mass is 600 g/mol. The molecule has 3 aliphatic carbocycles. The van der Waals surface area contributed by atoms with E-state index in [1.807, 2.05) is 31.4 Å². The molecule has 0 radical (unpaired) electrons. The Bertz CT molecular complexity index is 1400. The van der Waals surface area contributed by atoms with Crippen molar-refractivity contribution in [1.29, 1.82) is 0 Å². The Balaban J connectivity index is 1.17. The molecule has 3 aromatic rings. The molecule has 3 fully saturated rings. The second-order valence-corrected chi connectivity index (χ2v) is 14.3. The Hall–Kier alpha value is -3.26. The first kappa shape index (κ1) is 29.8. The Morgan fingerprint density at radius 1 is 0.860 bits per heavy atom. The van der Waals surface area contributed by atoms with Crippen LogP contribution in [0, 0.1) is 17.8 Å². The molecular formula is C35H44N4O3S. The highest BCUT2D eigenvalue weighted by molar-refractivity contribution is 7.15. The number of anilines is 2. The molecule has 43 heavy (non-hydrogen) atoms. The van der Waals surface area contributed by atoms with Gasteiger partial charge in [0.15, 0.2) is 0 Å². The van der Waals surface area contributed by atoms with Gasteiger partial charge in [-0.1, -0.05) is 18.2 Å². The topological polar surface area (TPSA) is 86.6 Å². The average Bonchev–Trinajstić information content (AvgIpc) is 3.76. The van der Waals surface area contributed by atoms with Crippen molar-refractivity contribution in [3.05, 3.63) is 59.4 Å². The maximum atomic E-state index is 14.2. The van der Waals surface area contributed by atoms with Crippen molar-refractivity contribution in [2.75, 3.05) is 30.4 Å². The summed E-state index contributed by atoms with van der Waals surface area (Å²) in [5.74, 6) is 2.19. The van der Waals surface area contributed by atoms with E-state index in [0.717, 1.165) is 75.0 Å². The van der Waals surface area contributed by atoms with Crippen LogP contribution in [0.15, 0.2) is 48.8 Å². The Kier molecular flexibility index (Phi) is 9.12. The number of carbonyl (C=O) groups excluding carboxylic acids is 1. The highest BCUT2D eigenvalue weighted by Gasteiger charge is 2.33. The van der Waals surface area contributed by atoms with Gasteiger partial charge in [0, 0.05) is 57.0 Å². The van der Waals surface area contributed by atoms with E-state index in [-0.39, 0.29) is 24.2 Å². The van der Waals surface area contributed by atoms with Crippen LogP contribution in [0.5, 0.6) is 0 Å². The standard InChI is InChI=1S/C35H44N4O3S/c1-38(2)32-17-16-29(20-36-32)25-10-8-24(9-11-25)22-39(35(42)27-12-6-23(7-13-27)18-33(40)41)30-5-3-4-28(19-30)31-21-37-34(43-31)26-14-15-26/h3-5,16-17,19-21,23-27H,6-15,18,22H2,1-2H3,(H,40,41)/t23-,24-,25-,27-. The lowest BCUT2D eigenvalue weighted by atomic mass is 9.78. The molecule has 0 atom stereocenters. The number of pyridine rings is 1. The molecule has 0 spiro atoms. The smallest absolute Gasteiger partial charge is 0.303 e. The van der Waals surface area contributed by atoms with E-state index < -0.39 is 5.97 Å². The van der Waals surface area contributed by atoms with Crippen molar-refractivity contribution in [1.82, 2.24) is 9.97 Å². The third-order valence-corrected chi connectivity index (χ3v) is 11.0. The zero-order chi connectivity index (χ0) is 29.9. The van der Waals surface area contributed by atoms with Crippen LogP contribution in [-0.4, -0.2) is 47.6 Å². The molecule has 0 saturated heterocycles. The normalized spacial score (nSPS) is 24.0. The molecule has 1 amide bonds. The zero-order valence-electron chi connectivity index (χ0n) is 25.5. The van der Waals surface area contributed by atoms with Crippen molar-refractivity contribution in [2.24, 2.45) is 17.8 Å². The molecule has 0 unspecified atom stereocenters. The SMILES string of the molecule is CN(C)c1ccc([C@H]2CC[C@H](CN(c3cccc(-c4cnc(C5CC5)s4)c3)C(=O)[C@H]3CC[C@H](CC(=O)O)CC3)CC2)cn1. The molecule has 228 valence electrons. The van der Waals surface area contributed by atoms with Gasteiger partial charge in [-0.2, -0.15) is 0 Å². The lowest BCUT2D eigenvalue weighted by Gasteiger charge is -2.36. The molecular weight excluding hydrogens is 556 g/mol. The molecule has 0 aliphatic heterocycles. The van der Waals surface area contributed by atoms with Gasteiger partial charge >= 0.3 is 5.97 Å². The number of amides is 1. The van der Waals surface area contributed by atoms with E-state index in [1.165, 1.54) is 28.3 Å². The van der Waals surface area contributed by atoms with Crippen molar-refractivity contribution >= 4 is 34.7 Å². The number of aromatic nitrogens is 2. The summed E-state index contributed by atoms with van der Waals surface area (Å²) in [5, 5.41) is 10.5. The van der Waals surface area contributed by atoms with Crippen LogP contribution in [-0.2, 0) is 9.59 Å². The van der Waals surface area contributed by atoms with Crippen molar-refractivity contribution in [3.63, 3.8) is 0 Å². The van der Waals surface area contributed by atoms with Gasteiger partial charge in [-0.05, 0) is 111 Å². The minimum absolute atomic E-state index is 0.0452. The van der Waals surface area contributed by atoms with E-state index in [1.54, 1.807) is 11.3 Å². The predicted octanol–water partition coefficient (Wildman–Crippen LogP) is 7.74. The number of thiazole rings is 1. The summed E-state index contributed by atoms with van der Waals surface area (Å²) in [7, 11) is 4.03. The van der Waals surface area contributed by atoms with E-state index in [4.69, 9.17) is 4.98 Å². The second kappa shape index (κ2) is 13.2. The fourth-order valence-corrected chi connectivity index (χ4v) is 8.09. The van der Waals surface area contributed by atoms with Crippen LogP contribution in [0.25, 0.3) is 10.4 Å². The summed E-state index contributed by atoms with van der Waals surface area (Å²) in [6, 6.07) is 12.8. The van der Waals surface area contributed by atoms with Gasteiger partial charge in [0.1, 0.15) is 5.82 Å². The molecule has 8 heteroatoms. The number of benzene rings is 1. The van der Waals surface area contributed by atoms with Gasteiger partial charge in [-0.25, -0.2) is 9.97 Å². The molecule has 3 saturated carbocycles. The van der Waals surface area contributed by atoms with Crippen molar-refractivity contribution in [3.8, 4) is 10.4 Å². The van der Waals surface area contributed by atoms with Crippen LogP contribution in [0.3, 0.4) is 0 Å². The van der Waals surface area contributed by atoms with E-state index in [9.17, 15) is 14.7 Å². The number of hydrogen-bond donors (Lipinski definition) is 1. The number of aliphatic carboxylic acids is 1. The Morgan fingerprint density at radius 3 is 2.23 bits per heavy atom.